The van der Waals surface area contributed by atoms with E-state index in [4.69, 9.17) is 9.84 Å². The van der Waals surface area contributed by atoms with E-state index in [1.165, 1.54) is 89.9 Å². The molecule has 0 aliphatic heterocycles. The molecular weight excluding hydrogens is 284 g/mol. The normalized spacial score (nSPS) is 12.0. The van der Waals surface area contributed by atoms with Crippen molar-refractivity contribution in [3.05, 3.63) is 0 Å². The van der Waals surface area contributed by atoms with E-state index in [1.54, 1.807) is 0 Å². The summed E-state index contributed by atoms with van der Waals surface area (Å²) in [6, 6.07) is 0. The second kappa shape index (κ2) is 16.8. The van der Waals surface area contributed by atoms with Crippen LogP contribution >= 0.6 is 0 Å². The molecule has 0 fully saturated rings. The maximum atomic E-state index is 9.14. The summed E-state index contributed by atoms with van der Waals surface area (Å²) in [6.07, 6.45) is 19.5. The van der Waals surface area contributed by atoms with E-state index in [0.717, 1.165) is 6.61 Å². The fourth-order valence-corrected chi connectivity index (χ4v) is 2.79. The average molecular weight is 329 g/mol. The number of aliphatic hydroxyl groups excluding tert-OH is 1. The zero-order valence-corrected chi connectivity index (χ0v) is 16.4. The van der Waals surface area contributed by atoms with E-state index in [1.807, 2.05) is 13.8 Å². The molecule has 0 aromatic carbocycles. The Morgan fingerprint density at radius 2 is 1.04 bits per heavy atom. The smallest absolute Gasteiger partial charge is 0.0539 e. The van der Waals surface area contributed by atoms with E-state index in [0.29, 0.717) is 6.61 Å². The Morgan fingerprint density at radius 1 is 0.652 bits per heavy atom. The van der Waals surface area contributed by atoms with Gasteiger partial charge in [-0.1, -0.05) is 104 Å². The minimum absolute atomic E-state index is 0.0873. The van der Waals surface area contributed by atoms with Gasteiger partial charge in [0.2, 0.25) is 0 Å². The van der Waals surface area contributed by atoms with Gasteiger partial charge in [0, 0.05) is 12.0 Å². The summed E-state index contributed by atoms with van der Waals surface area (Å²) in [7, 11) is 0. The van der Waals surface area contributed by atoms with Gasteiger partial charge in [-0.05, 0) is 6.42 Å². The van der Waals surface area contributed by atoms with Crippen LogP contribution in [-0.4, -0.2) is 24.9 Å². The highest BCUT2D eigenvalue weighted by Crippen LogP contribution is 2.15. The molecule has 0 spiro atoms. The first kappa shape index (κ1) is 22.9. The molecule has 2 heteroatoms. The zero-order valence-electron chi connectivity index (χ0n) is 16.4. The van der Waals surface area contributed by atoms with E-state index < -0.39 is 0 Å². The molecular formula is C21H44O2. The number of hydrogen-bond acceptors (Lipinski definition) is 2. The van der Waals surface area contributed by atoms with Gasteiger partial charge in [0.15, 0.2) is 0 Å². The highest BCUT2D eigenvalue weighted by molar-refractivity contribution is 4.65. The third-order valence-corrected chi connectivity index (χ3v) is 4.56. The van der Waals surface area contributed by atoms with Crippen LogP contribution in [-0.2, 0) is 4.74 Å². The first-order valence-electron chi connectivity index (χ1n) is 10.3. The Labute approximate surface area is 146 Å². The average Bonchev–Trinajstić information content (AvgIpc) is 2.54. The summed E-state index contributed by atoms with van der Waals surface area (Å²) in [5.74, 6) is 0. The molecule has 0 saturated carbocycles. The van der Waals surface area contributed by atoms with Crippen LogP contribution in [0, 0.1) is 5.41 Å². The molecule has 0 atom stereocenters. The standard InChI is InChI=1S/C21H44O2/c1-4-5-6-7-8-9-10-11-12-13-14-15-16-17-18-23-20-21(2,3)19-22/h22H,4-20H2,1-3H3. The van der Waals surface area contributed by atoms with Crippen molar-refractivity contribution < 1.29 is 9.84 Å². The van der Waals surface area contributed by atoms with Gasteiger partial charge in [0.05, 0.1) is 13.2 Å². The molecule has 0 amide bonds. The largest absolute Gasteiger partial charge is 0.396 e. The van der Waals surface area contributed by atoms with Crippen molar-refractivity contribution in [3.8, 4) is 0 Å². The molecule has 23 heavy (non-hydrogen) atoms. The maximum Gasteiger partial charge on any atom is 0.0539 e. The third kappa shape index (κ3) is 18.1. The molecule has 0 bridgehead atoms. The van der Waals surface area contributed by atoms with Gasteiger partial charge in [0.25, 0.3) is 0 Å². The first-order valence-corrected chi connectivity index (χ1v) is 10.3. The number of rotatable bonds is 18. The monoisotopic (exact) mass is 328 g/mol. The van der Waals surface area contributed by atoms with Crippen LogP contribution in [0.25, 0.3) is 0 Å². The second-order valence-corrected chi connectivity index (χ2v) is 7.97. The Morgan fingerprint density at radius 3 is 1.43 bits per heavy atom. The number of hydrogen-bond donors (Lipinski definition) is 1. The Hall–Kier alpha value is -0.0800. The molecule has 0 aliphatic carbocycles. The lowest BCUT2D eigenvalue weighted by atomic mass is 9.97. The summed E-state index contributed by atoms with van der Waals surface area (Å²) in [5.41, 5.74) is -0.0873. The molecule has 1 N–H and O–H groups in total. The molecule has 0 radical (unpaired) electrons. The number of aliphatic hydroxyl groups is 1. The van der Waals surface area contributed by atoms with Crippen molar-refractivity contribution in [1.82, 2.24) is 0 Å². The highest BCUT2D eigenvalue weighted by atomic mass is 16.5. The van der Waals surface area contributed by atoms with Gasteiger partial charge >= 0.3 is 0 Å². The summed E-state index contributed by atoms with van der Waals surface area (Å²) >= 11 is 0. The summed E-state index contributed by atoms with van der Waals surface area (Å²) in [6.45, 7) is 8.08. The highest BCUT2D eigenvalue weighted by Gasteiger charge is 2.15. The Kier molecular flexibility index (Phi) is 16.7. The minimum Gasteiger partial charge on any atom is -0.396 e. The van der Waals surface area contributed by atoms with E-state index in [2.05, 4.69) is 6.92 Å². The number of ether oxygens (including phenoxy) is 1. The second-order valence-electron chi connectivity index (χ2n) is 7.97. The van der Waals surface area contributed by atoms with Gasteiger partial charge in [0.1, 0.15) is 0 Å². The van der Waals surface area contributed by atoms with Crippen molar-refractivity contribution in [2.75, 3.05) is 19.8 Å². The van der Waals surface area contributed by atoms with E-state index in [-0.39, 0.29) is 12.0 Å². The van der Waals surface area contributed by atoms with Crippen molar-refractivity contribution in [1.29, 1.82) is 0 Å². The predicted molar refractivity (Wildman–Crippen MR) is 102 cm³/mol. The lowest BCUT2D eigenvalue weighted by Crippen LogP contribution is -2.23. The Bertz CT molecular complexity index is 226. The van der Waals surface area contributed by atoms with Crippen LogP contribution in [0.4, 0.5) is 0 Å². The van der Waals surface area contributed by atoms with Gasteiger partial charge < -0.3 is 9.84 Å². The third-order valence-electron chi connectivity index (χ3n) is 4.56. The molecule has 0 aromatic rings. The van der Waals surface area contributed by atoms with Crippen LogP contribution in [0.15, 0.2) is 0 Å². The molecule has 0 heterocycles. The fourth-order valence-electron chi connectivity index (χ4n) is 2.79. The SMILES string of the molecule is CCCCCCCCCCCCCCCCOCC(C)(C)CO. The lowest BCUT2D eigenvalue weighted by Gasteiger charge is -2.21. The van der Waals surface area contributed by atoms with Gasteiger partial charge in [-0.2, -0.15) is 0 Å². The quantitative estimate of drug-likeness (QED) is 0.291. The van der Waals surface area contributed by atoms with Crippen molar-refractivity contribution in [3.63, 3.8) is 0 Å². The molecule has 0 saturated heterocycles. The molecule has 2 nitrogen and oxygen atoms in total. The minimum atomic E-state index is -0.0873. The summed E-state index contributed by atoms with van der Waals surface area (Å²) in [5, 5.41) is 9.14. The van der Waals surface area contributed by atoms with Gasteiger partial charge in [-0.15, -0.1) is 0 Å². The first-order chi connectivity index (χ1) is 11.1. The molecule has 0 aromatic heterocycles. The van der Waals surface area contributed by atoms with Crippen molar-refractivity contribution in [2.24, 2.45) is 5.41 Å². The number of unbranched alkanes of at least 4 members (excludes halogenated alkanes) is 13. The zero-order chi connectivity index (χ0) is 17.2. The molecule has 0 unspecified atom stereocenters. The summed E-state index contributed by atoms with van der Waals surface area (Å²) in [4.78, 5) is 0. The van der Waals surface area contributed by atoms with Crippen molar-refractivity contribution in [2.45, 2.75) is 111 Å². The topological polar surface area (TPSA) is 29.5 Å². The van der Waals surface area contributed by atoms with Gasteiger partial charge in [-0.3, -0.25) is 0 Å². The molecule has 0 rings (SSSR count). The lowest BCUT2D eigenvalue weighted by molar-refractivity contribution is 0.0265. The maximum absolute atomic E-state index is 9.14. The fraction of sp³-hybridized carbons (Fsp3) is 1.00. The van der Waals surface area contributed by atoms with Crippen LogP contribution in [0.2, 0.25) is 0 Å². The van der Waals surface area contributed by atoms with E-state index >= 15 is 0 Å². The van der Waals surface area contributed by atoms with Crippen LogP contribution in [0.1, 0.15) is 111 Å². The Balaban J connectivity index is 3.05. The predicted octanol–water partition coefficient (Wildman–Crippen LogP) is 6.50. The van der Waals surface area contributed by atoms with E-state index in [9.17, 15) is 0 Å². The summed E-state index contributed by atoms with van der Waals surface area (Å²) < 4.78 is 5.64. The molecule has 0 aliphatic rings. The molecule has 140 valence electrons. The van der Waals surface area contributed by atoms with Crippen LogP contribution < -0.4 is 0 Å². The van der Waals surface area contributed by atoms with Crippen LogP contribution in [0.5, 0.6) is 0 Å². The van der Waals surface area contributed by atoms with Crippen LogP contribution in [0.3, 0.4) is 0 Å². The van der Waals surface area contributed by atoms with Gasteiger partial charge in [-0.25, -0.2) is 0 Å². The van der Waals surface area contributed by atoms with Crippen molar-refractivity contribution >= 4 is 0 Å².